The van der Waals surface area contributed by atoms with Gasteiger partial charge in [0, 0.05) is 19.6 Å². The van der Waals surface area contributed by atoms with E-state index in [1.54, 1.807) is 16.2 Å². The van der Waals surface area contributed by atoms with Crippen molar-refractivity contribution in [3.05, 3.63) is 76.0 Å². The summed E-state index contributed by atoms with van der Waals surface area (Å²) in [5.74, 6) is 0.999. The van der Waals surface area contributed by atoms with Crippen LogP contribution in [-0.2, 0) is 19.5 Å². The van der Waals surface area contributed by atoms with Crippen LogP contribution < -0.4 is 10.1 Å². The Balaban J connectivity index is 1.36. The molecule has 1 aromatic heterocycles. The van der Waals surface area contributed by atoms with E-state index in [1.807, 2.05) is 29.0 Å². The number of aliphatic hydroxyl groups is 1. The summed E-state index contributed by atoms with van der Waals surface area (Å²) in [7, 11) is 0. The number of aryl methyl sites for hydroxylation is 1. The zero-order valence-corrected chi connectivity index (χ0v) is 17.7. The van der Waals surface area contributed by atoms with Gasteiger partial charge in [-0.05, 0) is 69.6 Å². The number of hydrogen-bond donors (Lipinski definition) is 2. The van der Waals surface area contributed by atoms with E-state index >= 15 is 0 Å². The van der Waals surface area contributed by atoms with Crippen LogP contribution in [0, 0.1) is 0 Å². The maximum absolute atomic E-state index is 12.6. The lowest BCUT2D eigenvalue weighted by Crippen LogP contribution is -2.40. The summed E-state index contributed by atoms with van der Waals surface area (Å²) in [5.41, 5.74) is 5.71. The predicted octanol–water partition coefficient (Wildman–Crippen LogP) is 4.44. The van der Waals surface area contributed by atoms with Gasteiger partial charge in [-0.1, -0.05) is 30.3 Å². The number of hydrogen-bond acceptors (Lipinski definition) is 4. The third kappa shape index (κ3) is 5.01. The standard InChI is InChI=1S/C24H26N2O3S/c27-11-10-26(16-19-9-13-30-17-19)24(28)25-15-18-3-5-20(6-4-18)21-7-8-23-22(14-21)2-1-12-29-23/h3-9,13-14,17,27H,1-2,10-12,15-16H2,(H,25,28). The SMILES string of the molecule is O=C(NCc1ccc(-c2ccc3c(c2)CCCO3)cc1)N(CCO)Cc1ccsc1. The second kappa shape index (κ2) is 9.78. The largest absolute Gasteiger partial charge is 0.493 e. The molecule has 2 aromatic carbocycles. The molecule has 30 heavy (non-hydrogen) atoms. The van der Waals surface area contributed by atoms with Gasteiger partial charge < -0.3 is 20.1 Å². The van der Waals surface area contributed by atoms with Crippen molar-refractivity contribution >= 4 is 17.4 Å². The van der Waals surface area contributed by atoms with Crippen LogP contribution >= 0.6 is 11.3 Å². The molecule has 1 aliphatic heterocycles. The third-order valence-corrected chi connectivity index (χ3v) is 5.98. The molecule has 156 valence electrons. The maximum Gasteiger partial charge on any atom is 0.318 e. The molecule has 1 aliphatic rings. The fraction of sp³-hybridized carbons (Fsp3) is 0.292. The normalized spacial score (nSPS) is 12.7. The molecule has 0 atom stereocenters. The van der Waals surface area contributed by atoms with Crippen LogP contribution in [0.4, 0.5) is 4.79 Å². The summed E-state index contributed by atoms with van der Waals surface area (Å²) in [6.45, 7) is 2.00. The van der Waals surface area contributed by atoms with E-state index in [-0.39, 0.29) is 12.6 Å². The van der Waals surface area contributed by atoms with Crippen molar-refractivity contribution in [2.75, 3.05) is 19.8 Å². The van der Waals surface area contributed by atoms with Crippen molar-refractivity contribution in [1.29, 1.82) is 0 Å². The minimum Gasteiger partial charge on any atom is -0.493 e. The number of ether oxygens (including phenoxy) is 1. The molecule has 2 amide bonds. The van der Waals surface area contributed by atoms with Gasteiger partial charge in [-0.15, -0.1) is 0 Å². The van der Waals surface area contributed by atoms with Gasteiger partial charge in [0.05, 0.1) is 13.2 Å². The van der Waals surface area contributed by atoms with Crippen LogP contribution in [0.1, 0.15) is 23.1 Å². The lowest BCUT2D eigenvalue weighted by Gasteiger charge is -2.22. The Kier molecular flexibility index (Phi) is 6.67. The molecule has 0 unspecified atom stereocenters. The van der Waals surface area contributed by atoms with Crippen LogP contribution in [0.3, 0.4) is 0 Å². The van der Waals surface area contributed by atoms with Gasteiger partial charge in [-0.25, -0.2) is 4.79 Å². The van der Waals surface area contributed by atoms with Gasteiger partial charge in [0.15, 0.2) is 0 Å². The lowest BCUT2D eigenvalue weighted by molar-refractivity contribution is 0.174. The molecule has 2 N–H and O–H groups in total. The van der Waals surface area contributed by atoms with Gasteiger partial charge in [-0.3, -0.25) is 0 Å². The van der Waals surface area contributed by atoms with Crippen molar-refractivity contribution in [1.82, 2.24) is 10.2 Å². The number of fused-ring (bicyclic) bond motifs is 1. The smallest absolute Gasteiger partial charge is 0.318 e. The van der Waals surface area contributed by atoms with Crippen molar-refractivity contribution in [2.45, 2.75) is 25.9 Å². The van der Waals surface area contributed by atoms with Gasteiger partial charge in [0.25, 0.3) is 0 Å². The van der Waals surface area contributed by atoms with E-state index in [4.69, 9.17) is 4.74 Å². The summed E-state index contributed by atoms with van der Waals surface area (Å²) < 4.78 is 5.70. The van der Waals surface area contributed by atoms with Gasteiger partial charge in [0.1, 0.15) is 5.75 Å². The summed E-state index contributed by atoms with van der Waals surface area (Å²) in [6, 6.07) is 16.4. The maximum atomic E-state index is 12.6. The summed E-state index contributed by atoms with van der Waals surface area (Å²) in [4.78, 5) is 14.2. The Labute approximate surface area is 180 Å². The first-order chi connectivity index (χ1) is 14.7. The summed E-state index contributed by atoms with van der Waals surface area (Å²) in [6.07, 6.45) is 2.12. The zero-order valence-electron chi connectivity index (χ0n) is 16.8. The van der Waals surface area contributed by atoms with Crippen LogP contribution in [0.5, 0.6) is 5.75 Å². The highest BCUT2D eigenvalue weighted by Gasteiger charge is 2.14. The van der Waals surface area contributed by atoms with Crippen LogP contribution in [0.2, 0.25) is 0 Å². The van der Waals surface area contributed by atoms with E-state index in [1.165, 1.54) is 11.1 Å². The first-order valence-electron chi connectivity index (χ1n) is 10.2. The summed E-state index contributed by atoms with van der Waals surface area (Å²) in [5, 5.41) is 16.2. The van der Waals surface area contributed by atoms with Gasteiger partial charge in [0.2, 0.25) is 0 Å². The monoisotopic (exact) mass is 422 g/mol. The Morgan fingerprint density at radius 2 is 1.93 bits per heavy atom. The Bertz CT molecular complexity index is 971. The van der Waals surface area contributed by atoms with Crippen molar-refractivity contribution in [2.24, 2.45) is 0 Å². The van der Waals surface area contributed by atoms with E-state index in [0.717, 1.165) is 41.9 Å². The number of benzene rings is 2. The van der Waals surface area contributed by atoms with Crippen LogP contribution in [0.15, 0.2) is 59.3 Å². The third-order valence-electron chi connectivity index (χ3n) is 5.25. The van der Waals surface area contributed by atoms with Crippen molar-refractivity contribution in [3.8, 4) is 16.9 Å². The minimum absolute atomic E-state index is 0.0575. The van der Waals surface area contributed by atoms with Crippen LogP contribution in [0.25, 0.3) is 11.1 Å². The average Bonchev–Trinajstić information content (AvgIpc) is 3.30. The molecule has 0 bridgehead atoms. The number of nitrogens with zero attached hydrogens (tertiary/aromatic N) is 1. The molecule has 5 nitrogen and oxygen atoms in total. The number of thiophene rings is 1. The van der Waals surface area contributed by atoms with Gasteiger partial charge >= 0.3 is 6.03 Å². The highest BCUT2D eigenvalue weighted by atomic mass is 32.1. The molecule has 0 fully saturated rings. The molecule has 0 radical (unpaired) electrons. The van der Waals surface area contributed by atoms with Crippen LogP contribution in [-0.4, -0.2) is 35.8 Å². The van der Waals surface area contributed by atoms with Crippen molar-refractivity contribution < 1.29 is 14.6 Å². The molecular weight excluding hydrogens is 396 g/mol. The van der Waals surface area contributed by atoms with E-state index in [0.29, 0.717) is 19.6 Å². The molecule has 2 heterocycles. The Hall–Kier alpha value is -2.83. The summed E-state index contributed by atoms with van der Waals surface area (Å²) >= 11 is 1.60. The van der Waals surface area contributed by atoms with E-state index < -0.39 is 0 Å². The Morgan fingerprint density at radius 3 is 2.70 bits per heavy atom. The van der Waals surface area contributed by atoms with Crippen molar-refractivity contribution in [3.63, 3.8) is 0 Å². The molecule has 0 spiro atoms. The highest BCUT2D eigenvalue weighted by Crippen LogP contribution is 2.30. The predicted molar refractivity (Wildman–Crippen MR) is 120 cm³/mol. The second-order valence-electron chi connectivity index (χ2n) is 7.41. The topological polar surface area (TPSA) is 61.8 Å². The molecule has 3 aromatic rings. The molecule has 0 saturated heterocycles. The molecule has 4 rings (SSSR count). The zero-order chi connectivity index (χ0) is 20.8. The number of nitrogens with one attached hydrogen (secondary N) is 1. The molecule has 6 heteroatoms. The first-order valence-corrected chi connectivity index (χ1v) is 11.2. The van der Waals surface area contributed by atoms with Gasteiger partial charge in [-0.2, -0.15) is 11.3 Å². The molecule has 0 aliphatic carbocycles. The molecule has 0 saturated carbocycles. The highest BCUT2D eigenvalue weighted by molar-refractivity contribution is 7.07. The average molecular weight is 423 g/mol. The first kappa shape index (κ1) is 20.4. The number of carbonyl (C=O) groups is 1. The van der Waals surface area contributed by atoms with E-state index in [9.17, 15) is 9.90 Å². The fourth-order valence-corrected chi connectivity index (χ4v) is 4.28. The number of aliphatic hydroxyl groups excluding tert-OH is 1. The number of amides is 2. The second-order valence-corrected chi connectivity index (χ2v) is 8.19. The Morgan fingerprint density at radius 1 is 1.10 bits per heavy atom. The lowest BCUT2D eigenvalue weighted by atomic mass is 9.98. The quantitative estimate of drug-likeness (QED) is 0.592. The number of urea groups is 1. The minimum atomic E-state index is -0.172. The number of rotatable bonds is 7. The fourth-order valence-electron chi connectivity index (χ4n) is 3.62. The number of carbonyl (C=O) groups excluding carboxylic acids is 1. The van der Waals surface area contributed by atoms with E-state index in [2.05, 4.69) is 35.6 Å². The molecular formula is C24H26N2O3S.